The number of carbonyl (C=O) groups excluding carboxylic acids is 2. The standard InChI is InChI=1S/C54H101N2O7P/c1-7-10-13-16-19-22-25-27-29-32-35-38-41-44-47-54(58)63-52(45-42-39-36-33-30-24-21-18-15-12-9-3)51(50-62-64(59,60)61-49-48-56(4,5)6)55-53(57)46-43-40-37-34-31-28-26-23-20-17-14-11-8-2/h10,13,19,22,27,29,42,45,51-52H,7-9,11-12,14-18,20-21,23-26,28,30-41,43-44,46-50H2,1-6H3,(H-,55,57,59,60)/b13-10+,22-19+,29-27+,45-42+. The summed E-state index contributed by atoms with van der Waals surface area (Å²) in [5.74, 6) is -0.565. The molecule has 0 saturated heterocycles. The van der Waals surface area contributed by atoms with Crippen LogP contribution >= 0.6 is 7.82 Å². The third-order valence-electron chi connectivity index (χ3n) is 11.5. The van der Waals surface area contributed by atoms with Gasteiger partial charge in [-0.2, -0.15) is 0 Å². The molecule has 0 bridgehead atoms. The molecule has 1 N–H and O–H groups in total. The van der Waals surface area contributed by atoms with Crippen LogP contribution in [0.25, 0.3) is 0 Å². The predicted molar refractivity (Wildman–Crippen MR) is 270 cm³/mol. The lowest BCUT2D eigenvalue weighted by atomic mass is 10.0. The van der Waals surface area contributed by atoms with Crippen molar-refractivity contribution in [1.82, 2.24) is 5.32 Å². The number of allylic oxidation sites excluding steroid dienone is 7. The number of phosphoric acid groups is 1. The molecule has 0 saturated carbocycles. The van der Waals surface area contributed by atoms with Crippen molar-refractivity contribution in [2.45, 2.75) is 245 Å². The Labute approximate surface area is 395 Å². The van der Waals surface area contributed by atoms with Crippen LogP contribution in [0.4, 0.5) is 0 Å². The molecule has 0 aromatic rings. The number of nitrogens with one attached hydrogen (secondary N) is 1. The zero-order chi connectivity index (χ0) is 47.3. The largest absolute Gasteiger partial charge is 0.756 e. The average molecular weight is 921 g/mol. The van der Waals surface area contributed by atoms with Crippen molar-refractivity contribution in [3.63, 3.8) is 0 Å². The normalized spacial score (nSPS) is 14.3. The summed E-state index contributed by atoms with van der Waals surface area (Å²) >= 11 is 0. The smallest absolute Gasteiger partial charge is 0.306 e. The number of nitrogens with zero attached hydrogens (tertiary/aromatic N) is 1. The number of amides is 1. The molecule has 0 spiro atoms. The molecule has 1 amide bonds. The first-order valence-corrected chi connectivity index (χ1v) is 27.9. The van der Waals surface area contributed by atoms with Crippen LogP contribution in [-0.2, 0) is 27.9 Å². The number of hydrogen-bond donors (Lipinski definition) is 1. The second-order valence-electron chi connectivity index (χ2n) is 19.0. The van der Waals surface area contributed by atoms with E-state index in [-0.39, 0.29) is 24.9 Å². The molecule has 0 rings (SSSR count). The summed E-state index contributed by atoms with van der Waals surface area (Å²) in [5.41, 5.74) is 0. The topological polar surface area (TPSA) is 114 Å². The summed E-state index contributed by atoms with van der Waals surface area (Å²) in [6.07, 6.45) is 52.1. The first-order valence-electron chi connectivity index (χ1n) is 26.4. The van der Waals surface area contributed by atoms with E-state index >= 15 is 0 Å². The van der Waals surface area contributed by atoms with E-state index in [0.29, 0.717) is 23.9 Å². The van der Waals surface area contributed by atoms with Crippen LogP contribution in [0, 0.1) is 0 Å². The van der Waals surface area contributed by atoms with Gasteiger partial charge in [-0.25, -0.2) is 0 Å². The van der Waals surface area contributed by atoms with E-state index in [0.717, 1.165) is 83.5 Å². The van der Waals surface area contributed by atoms with Gasteiger partial charge in [-0.15, -0.1) is 0 Å². The summed E-state index contributed by atoms with van der Waals surface area (Å²) in [6.45, 7) is 6.70. The highest BCUT2D eigenvalue weighted by Gasteiger charge is 2.27. The maximum atomic E-state index is 13.4. The number of unbranched alkanes of at least 4 members (excludes halogenated alkanes) is 25. The number of likely N-dealkylation sites (N-methyl/N-ethyl adjacent to an activating group) is 1. The summed E-state index contributed by atoms with van der Waals surface area (Å²) in [6, 6.07) is -0.892. The summed E-state index contributed by atoms with van der Waals surface area (Å²) in [4.78, 5) is 39.7. The van der Waals surface area contributed by atoms with Crippen LogP contribution in [-0.4, -0.2) is 69.4 Å². The van der Waals surface area contributed by atoms with Crippen LogP contribution < -0.4 is 10.2 Å². The van der Waals surface area contributed by atoms with Crippen LogP contribution in [0.5, 0.6) is 0 Å². The molecule has 3 unspecified atom stereocenters. The number of hydrogen-bond acceptors (Lipinski definition) is 7. The van der Waals surface area contributed by atoms with Gasteiger partial charge in [-0.1, -0.05) is 205 Å². The molecule has 0 heterocycles. The summed E-state index contributed by atoms with van der Waals surface area (Å²) in [7, 11) is 1.17. The minimum atomic E-state index is -4.69. The monoisotopic (exact) mass is 921 g/mol. The van der Waals surface area contributed by atoms with Gasteiger partial charge in [0.1, 0.15) is 19.3 Å². The third kappa shape index (κ3) is 45.1. The molecular formula is C54H101N2O7P. The quantitative estimate of drug-likeness (QED) is 0.0213. The van der Waals surface area contributed by atoms with Crippen molar-refractivity contribution in [1.29, 1.82) is 0 Å². The van der Waals surface area contributed by atoms with Gasteiger partial charge in [-0.05, 0) is 63.9 Å². The molecule has 0 aromatic carbocycles. The third-order valence-corrected chi connectivity index (χ3v) is 12.5. The highest BCUT2D eigenvalue weighted by molar-refractivity contribution is 7.45. The zero-order valence-corrected chi connectivity index (χ0v) is 43.4. The Morgan fingerprint density at radius 1 is 0.562 bits per heavy atom. The second-order valence-corrected chi connectivity index (χ2v) is 20.4. The Morgan fingerprint density at radius 3 is 1.50 bits per heavy atom. The van der Waals surface area contributed by atoms with Gasteiger partial charge < -0.3 is 28.5 Å². The molecular weight excluding hydrogens is 820 g/mol. The SMILES string of the molecule is CC/C=C/C/C=C/C/C=C/CCCCCCC(=O)OC(/C=C/CCCCCCCCCCC)C(COP(=O)([O-])OCC[N+](C)(C)C)NC(=O)CCCCCCCCCCCCCCC. The molecule has 0 aliphatic rings. The molecule has 10 heteroatoms. The maximum Gasteiger partial charge on any atom is 0.306 e. The number of carbonyl (C=O) groups is 2. The van der Waals surface area contributed by atoms with Gasteiger partial charge in [0.25, 0.3) is 7.82 Å². The Balaban J connectivity index is 5.43. The van der Waals surface area contributed by atoms with Gasteiger partial charge >= 0.3 is 5.97 Å². The van der Waals surface area contributed by atoms with E-state index in [1.807, 2.05) is 33.3 Å². The number of esters is 1. The number of phosphoric ester groups is 1. The number of rotatable bonds is 47. The van der Waals surface area contributed by atoms with Crippen molar-refractivity contribution >= 4 is 19.7 Å². The Bertz CT molecular complexity index is 1240. The Morgan fingerprint density at radius 2 is 1.00 bits per heavy atom. The van der Waals surface area contributed by atoms with Gasteiger partial charge in [0, 0.05) is 12.8 Å². The predicted octanol–water partition coefficient (Wildman–Crippen LogP) is 14.7. The van der Waals surface area contributed by atoms with Crippen molar-refractivity contribution in [2.24, 2.45) is 0 Å². The van der Waals surface area contributed by atoms with Crippen molar-refractivity contribution in [3.8, 4) is 0 Å². The number of quaternary nitrogens is 1. The molecule has 0 aromatic heterocycles. The zero-order valence-electron chi connectivity index (χ0n) is 42.5. The van der Waals surface area contributed by atoms with E-state index in [1.165, 1.54) is 109 Å². The van der Waals surface area contributed by atoms with E-state index in [9.17, 15) is 19.0 Å². The lowest BCUT2D eigenvalue weighted by molar-refractivity contribution is -0.870. The van der Waals surface area contributed by atoms with Gasteiger partial charge in [0.05, 0.1) is 33.8 Å². The van der Waals surface area contributed by atoms with Crippen molar-refractivity contribution < 1.29 is 37.3 Å². The fourth-order valence-corrected chi connectivity index (χ4v) is 8.14. The first kappa shape index (κ1) is 62.0. The lowest BCUT2D eigenvalue weighted by Crippen LogP contribution is -2.47. The lowest BCUT2D eigenvalue weighted by Gasteiger charge is -2.30. The van der Waals surface area contributed by atoms with Crippen LogP contribution in [0.3, 0.4) is 0 Å². The van der Waals surface area contributed by atoms with Crippen LogP contribution in [0.15, 0.2) is 48.6 Å². The highest BCUT2D eigenvalue weighted by Crippen LogP contribution is 2.38. The van der Waals surface area contributed by atoms with E-state index in [1.54, 1.807) is 0 Å². The minimum Gasteiger partial charge on any atom is -0.756 e. The van der Waals surface area contributed by atoms with Crippen molar-refractivity contribution in [3.05, 3.63) is 48.6 Å². The minimum absolute atomic E-state index is 0.0256. The first-order chi connectivity index (χ1) is 30.9. The molecule has 0 aliphatic carbocycles. The fourth-order valence-electron chi connectivity index (χ4n) is 7.42. The van der Waals surface area contributed by atoms with E-state index in [2.05, 4.69) is 62.5 Å². The average Bonchev–Trinajstić information content (AvgIpc) is 3.25. The second kappa shape index (κ2) is 44.8. The molecule has 0 fully saturated rings. The fraction of sp³-hybridized carbons (Fsp3) is 0.815. The van der Waals surface area contributed by atoms with Gasteiger partial charge in [-0.3, -0.25) is 14.2 Å². The van der Waals surface area contributed by atoms with Crippen LogP contribution in [0.2, 0.25) is 0 Å². The molecule has 3 atom stereocenters. The number of ether oxygens (including phenoxy) is 1. The van der Waals surface area contributed by atoms with E-state index in [4.69, 9.17) is 13.8 Å². The van der Waals surface area contributed by atoms with E-state index < -0.39 is 26.6 Å². The molecule has 9 nitrogen and oxygen atoms in total. The Kier molecular flexibility index (Phi) is 43.4. The van der Waals surface area contributed by atoms with Crippen molar-refractivity contribution in [2.75, 3.05) is 40.9 Å². The summed E-state index contributed by atoms with van der Waals surface area (Å²) in [5, 5.41) is 3.00. The van der Waals surface area contributed by atoms with Gasteiger partial charge in [0.15, 0.2) is 0 Å². The molecule has 64 heavy (non-hydrogen) atoms. The molecule has 0 radical (unpaired) electrons. The Hall–Kier alpha value is -2.03. The summed E-state index contributed by atoms with van der Waals surface area (Å²) < 4.78 is 30.1. The molecule has 374 valence electrons. The maximum absolute atomic E-state index is 13.4. The highest BCUT2D eigenvalue weighted by atomic mass is 31.2. The van der Waals surface area contributed by atoms with Crippen LogP contribution in [0.1, 0.15) is 233 Å². The van der Waals surface area contributed by atoms with Gasteiger partial charge in [0.2, 0.25) is 5.91 Å². The molecule has 0 aliphatic heterocycles.